The van der Waals surface area contributed by atoms with Crippen molar-refractivity contribution < 1.29 is 8.83 Å². The second-order valence-electron chi connectivity index (χ2n) is 4.89. The molecule has 4 heteroatoms. The number of benzene rings is 3. The summed E-state index contributed by atoms with van der Waals surface area (Å²) >= 11 is 0. The van der Waals surface area contributed by atoms with Crippen LogP contribution in [0.5, 0.6) is 0 Å². The van der Waals surface area contributed by atoms with Gasteiger partial charge in [0.25, 0.3) is 0 Å². The molecular formula is C16H6O4. The zero-order valence-corrected chi connectivity index (χ0v) is 10.1. The summed E-state index contributed by atoms with van der Waals surface area (Å²) in [6.07, 6.45) is 0. The minimum Gasteiger partial charge on any atom is -0.422 e. The lowest BCUT2D eigenvalue weighted by molar-refractivity contribution is 0.569. The number of furan rings is 2. The maximum absolute atomic E-state index is 12.1. The topological polar surface area (TPSA) is 60.4 Å². The third-order valence-corrected chi connectivity index (χ3v) is 3.91. The first-order chi connectivity index (χ1) is 9.75. The standard InChI is InChI=1S/C16H6O4/c17-15-9-5-1-3-7-8-4-2-6-10-12(8)13(16(18)19-10)14(20-15)11(7)9/h1-6H. The van der Waals surface area contributed by atoms with Crippen LogP contribution in [0.25, 0.3) is 43.5 Å². The first kappa shape index (κ1) is 9.97. The normalized spacial score (nSPS) is 12.4. The Morgan fingerprint density at radius 3 is 2.20 bits per heavy atom. The van der Waals surface area contributed by atoms with E-state index in [9.17, 15) is 9.59 Å². The van der Waals surface area contributed by atoms with Gasteiger partial charge in [-0.2, -0.15) is 0 Å². The van der Waals surface area contributed by atoms with E-state index in [0.29, 0.717) is 27.3 Å². The van der Waals surface area contributed by atoms with Crippen molar-refractivity contribution in [3.8, 4) is 0 Å². The van der Waals surface area contributed by atoms with Crippen molar-refractivity contribution in [2.45, 2.75) is 0 Å². The molecule has 2 aromatic heterocycles. The number of fused-ring (bicyclic) bond motifs is 2. The average Bonchev–Trinajstić information content (AvgIpc) is 2.96. The van der Waals surface area contributed by atoms with Gasteiger partial charge in [0, 0.05) is 10.8 Å². The van der Waals surface area contributed by atoms with Crippen LogP contribution in [0.2, 0.25) is 0 Å². The Bertz CT molecular complexity index is 1220. The highest BCUT2D eigenvalue weighted by Gasteiger charge is 2.22. The Labute approximate surface area is 110 Å². The second kappa shape index (κ2) is 2.99. The predicted octanol–water partition coefficient (Wildman–Crippen LogP) is 3.08. The highest BCUT2D eigenvalue weighted by atomic mass is 16.4. The van der Waals surface area contributed by atoms with E-state index >= 15 is 0 Å². The van der Waals surface area contributed by atoms with Crippen LogP contribution in [0.1, 0.15) is 0 Å². The molecule has 0 N–H and O–H groups in total. The van der Waals surface area contributed by atoms with Gasteiger partial charge in [0.2, 0.25) is 0 Å². The van der Waals surface area contributed by atoms with E-state index in [-0.39, 0.29) is 0 Å². The summed E-state index contributed by atoms with van der Waals surface area (Å²) < 4.78 is 10.6. The SMILES string of the molecule is O=c1oc2c3c(=O)oc4cccc(c5cccc1c52)c43. The van der Waals surface area contributed by atoms with Crippen molar-refractivity contribution in [2.24, 2.45) is 0 Å². The molecule has 0 aliphatic rings. The van der Waals surface area contributed by atoms with E-state index in [1.807, 2.05) is 24.3 Å². The van der Waals surface area contributed by atoms with Crippen LogP contribution >= 0.6 is 0 Å². The molecular weight excluding hydrogens is 256 g/mol. The van der Waals surface area contributed by atoms with E-state index in [2.05, 4.69) is 0 Å². The zero-order valence-electron chi connectivity index (χ0n) is 10.1. The Kier molecular flexibility index (Phi) is 1.49. The highest BCUT2D eigenvalue weighted by molar-refractivity contribution is 6.30. The van der Waals surface area contributed by atoms with E-state index in [4.69, 9.17) is 8.83 Å². The molecule has 0 bridgehead atoms. The number of hydrogen-bond donors (Lipinski definition) is 0. The van der Waals surface area contributed by atoms with Gasteiger partial charge >= 0.3 is 11.3 Å². The molecule has 94 valence electrons. The molecule has 0 amide bonds. The van der Waals surface area contributed by atoms with Gasteiger partial charge in [0.1, 0.15) is 11.0 Å². The molecule has 20 heavy (non-hydrogen) atoms. The van der Waals surface area contributed by atoms with Crippen molar-refractivity contribution in [2.75, 3.05) is 0 Å². The second-order valence-corrected chi connectivity index (χ2v) is 4.89. The monoisotopic (exact) mass is 262 g/mol. The molecule has 0 saturated carbocycles. The van der Waals surface area contributed by atoms with Gasteiger partial charge in [-0.3, -0.25) is 0 Å². The van der Waals surface area contributed by atoms with Crippen LogP contribution in [0.4, 0.5) is 0 Å². The fourth-order valence-electron chi connectivity index (χ4n) is 3.12. The maximum Gasteiger partial charge on any atom is 0.348 e. The van der Waals surface area contributed by atoms with Crippen molar-refractivity contribution in [1.82, 2.24) is 0 Å². The van der Waals surface area contributed by atoms with Crippen LogP contribution in [-0.4, -0.2) is 0 Å². The molecule has 5 rings (SSSR count). The van der Waals surface area contributed by atoms with Crippen LogP contribution in [-0.2, 0) is 0 Å². The third-order valence-electron chi connectivity index (χ3n) is 3.91. The molecule has 3 aromatic carbocycles. The molecule has 0 aliphatic heterocycles. The summed E-state index contributed by atoms with van der Waals surface area (Å²) in [6.45, 7) is 0. The lowest BCUT2D eigenvalue weighted by Gasteiger charge is -2.02. The molecule has 0 radical (unpaired) electrons. The van der Waals surface area contributed by atoms with Crippen LogP contribution in [0, 0.1) is 0 Å². The predicted molar refractivity (Wildman–Crippen MR) is 75.9 cm³/mol. The van der Waals surface area contributed by atoms with Crippen LogP contribution < -0.4 is 11.3 Å². The molecule has 0 unspecified atom stereocenters. The highest BCUT2D eigenvalue weighted by Crippen LogP contribution is 2.38. The van der Waals surface area contributed by atoms with Gasteiger partial charge < -0.3 is 8.83 Å². The first-order valence-electron chi connectivity index (χ1n) is 6.21. The van der Waals surface area contributed by atoms with Gasteiger partial charge in [-0.1, -0.05) is 24.3 Å². The molecule has 0 aliphatic carbocycles. The molecule has 4 nitrogen and oxygen atoms in total. The molecule has 0 spiro atoms. The van der Waals surface area contributed by atoms with Crippen molar-refractivity contribution in [3.05, 3.63) is 57.2 Å². The van der Waals surface area contributed by atoms with Gasteiger partial charge in [0.05, 0.1) is 5.39 Å². The van der Waals surface area contributed by atoms with Gasteiger partial charge in [-0.25, -0.2) is 9.59 Å². The molecule has 5 aromatic rings. The van der Waals surface area contributed by atoms with Crippen LogP contribution in [0.15, 0.2) is 54.8 Å². The van der Waals surface area contributed by atoms with E-state index in [1.54, 1.807) is 12.1 Å². The first-order valence-corrected chi connectivity index (χ1v) is 6.21. The van der Waals surface area contributed by atoms with Gasteiger partial charge in [-0.15, -0.1) is 0 Å². The minimum atomic E-state index is -0.461. The van der Waals surface area contributed by atoms with Gasteiger partial charge in [0.15, 0.2) is 5.58 Å². The Morgan fingerprint density at radius 2 is 1.35 bits per heavy atom. The lowest BCUT2D eigenvalue weighted by atomic mass is 9.98. The van der Waals surface area contributed by atoms with E-state index < -0.39 is 11.3 Å². The zero-order chi connectivity index (χ0) is 13.4. The molecule has 2 heterocycles. The summed E-state index contributed by atoms with van der Waals surface area (Å²) in [5.74, 6) is 0. The fourth-order valence-corrected chi connectivity index (χ4v) is 3.12. The summed E-state index contributed by atoms with van der Waals surface area (Å²) in [6, 6.07) is 11.0. The third kappa shape index (κ3) is 0.924. The summed E-state index contributed by atoms with van der Waals surface area (Å²) in [7, 11) is 0. The maximum atomic E-state index is 12.1. The fraction of sp³-hybridized carbons (Fsp3) is 0. The van der Waals surface area contributed by atoms with Crippen molar-refractivity contribution >= 4 is 43.5 Å². The van der Waals surface area contributed by atoms with E-state index in [0.717, 1.165) is 16.2 Å². The summed E-state index contributed by atoms with van der Waals surface area (Å²) in [4.78, 5) is 24.0. The van der Waals surface area contributed by atoms with Gasteiger partial charge in [-0.05, 0) is 22.9 Å². The molecule has 0 saturated heterocycles. The largest absolute Gasteiger partial charge is 0.422 e. The number of hydrogen-bond acceptors (Lipinski definition) is 4. The van der Waals surface area contributed by atoms with Crippen LogP contribution in [0.3, 0.4) is 0 Å². The smallest absolute Gasteiger partial charge is 0.348 e. The summed E-state index contributed by atoms with van der Waals surface area (Å²) in [5.41, 5.74) is -0.0203. The average molecular weight is 262 g/mol. The Morgan fingerprint density at radius 1 is 0.650 bits per heavy atom. The lowest BCUT2D eigenvalue weighted by Crippen LogP contribution is -1.91. The molecule has 0 fully saturated rings. The summed E-state index contributed by atoms with van der Waals surface area (Å²) in [5, 5.41) is 4.11. The van der Waals surface area contributed by atoms with Crippen molar-refractivity contribution in [3.63, 3.8) is 0 Å². The minimum absolute atomic E-state index is 0.336. The quantitative estimate of drug-likeness (QED) is 0.402. The van der Waals surface area contributed by atoms with E-state index in [1.165, 1.54) is 0 Å². The Balaban J connectivity index is 2.40. The number of rotatable bonds is 0. The van der Waals surface area contributed by atoms with Crippen molar-refractivity contribution in [1.29, 1.82) is 0 Å². The Hall–Kier alpha value is -2.88. The molecule has 0 atom stereocenters.